The molecule has 0 aliphatic carbocycles. The molecule has 0 unspecified atom stereocenters. The van der Waals surface area contributed by atoms with Gasteiger partial charge in [0.25, 0.3) is 5.91 Å². The molecule has 3 N–H and O–H groups in total. The predicted molar refractivity (Wildman–Crippen MR) is 83.9 cm³/mol. The van der Waals surface area contributed by atoms with Crippen LogP contribution in [0.4, 0.5) is 5.69 Å². The van der Waals surface area contributed by atoms with Crippen LogP contribution in [0.2, 0.25) is 0 Å². The van der Waals surface area contributed by atoms with E-state index in [0.29, 0.717) is 23.2 Å². The fourth-order valence-corrected chi connectivity index (χ4v) is 2.06. The number of hydrogen-bond acceptors (Lipinski definition) is 3. The Labute approximate surface area is 129 Å². The number of nitrogens with one attached hydrogen (secondary N) is 2. The van der Waals surface area contributed by atoms with E-state index in [1.54, 1.807) is 39.0 Å². The molecule has 0 aliphatic heterocycles. The van der Waals surface area contributed by atoms with Crippen LogP contribution in [0.25, 0.3) is 0 Å². The molecule has 1 rings (SSSR count). The molecule has 0 saturated carbocycles. The number of amides is 2. The van der Waals surface area contributed by atoms with E-state index in [-0.39, 0.29) is 18.2 Å². The first-order valence-corrected chi connectivity index (χ1v) is 7.04. The van der Waals surface area contributed by atoms with Crippen LogP contribution in [0, 0.1) is 6.92 Å². The molecule has 0 fully saturated rings. The monoisotopic (exact) mass is 306 g/mol. The van der Waals surface area contributed by atoms with Crippen molar-refractivity contribution < 1.29 is 19.5 Å². The summed E-state index contributed by atoms with van der Waals surface area (Å²) in [6.07, 6.45) is 0.316. The Kier molecular flexibility index (Phi) is 5.68. The van der Waals surface area contributed by atoms with Crippen molar-refractivity contribution in [2.24, 2.45) is 0 Å². The Hall–Kier alpha value is -2.37. The molecule has 0 heterocycles. The van der Waals surface area contributed by atoms with Gasteiger partial charge >= 0.3 is 5.97 Å². The highest BCUT2D eigenvalue weighted by atomic mass is 16.4. The second-order valence-corrected chi connectivity index (χ2v) is 5.89. The van der Waals surface area contributed by atoms with E-state index < -0.39 is 11.5 Å². The highest BCUT2D eigenvalue weighted by molar-refractivity contribution is 5.99. The molecule has 0 aliphatic rings. The van der Waals surface area contributed by atoms with Crippen molar-refractivity contribution >= 4 is 23.5 Å². The Morgan fingerprint density at radius 3 is 2.41 bits per heavy atom. The maximum Gasteiger partial charge on any atom is 0.303 e. The molecule has 0 bridgehead atoms. The first-order chi connectivity index (χ1) is 10.1. The van der Waals surface area contributed by atoms with E-state index in [9.17, 15) is 14.4 Å². The minimum Gasteiger partial charge on any atom is -0.481 e. The number of rotatable bonds is 6. The first-order valence-electron chi connectivity index (χ1n) is 7.04. The smallest absolute Gasteiger partial charge is 0.303 e. The summed E-state index contributed by atoms with van der Waals surface area (Å²) >= 11 is 0. The largest absolute Gasteiger partial charge is 0.481 e. The number of aliphatic carboxylic acids is 1. The average molecular weight is 306 g/mol. The van der Waals surface area contributed by atoms with Crippen molar-refractivity contribution in [1.29, 1.82) is 0 Å². The zero-order valence-electron chi connectivity index (χ0n) is 13.3. The van der Waals surface area contributed by atoms with Crippen LogP contribution in [0.15, 0.2) is 18.2 Å². The Bertz CT molecular complexity index is 594. The predicted octanol–water partition coefficient (Wildman–Crippen LogP) is 2.33. The highest BCUT2D eigenvalue weighted by Gasteiger charge is 2.23. The van der Waals surface area contributed by atoms with Gasteiger partial charge in [-0.2, -0.15) is 0 Å². The number of benzene rings is 1. The molecule has 6 nitrogen and oxygen atoms in total. The number of anilines is 1. The summed E-state index contributed by atoms with van der Waals surface area (Å²) in [6.45, 7) is 6.72. The molecule has 1 aromatic rings. The average Bonchev–Trinajstić information content (AvgIpc) is 2.38. The summed E-state index contributed by atoms with van der Waals surface area (Å²) in [5.74, 6) is -1.39. The molecule has 0 spiro atoms. The Balaban J connectivity index is 2.89. The van der Waals surface area contributed by atoms with Crippen LogP contribution in [0.3, 0.4) is 0 Å². The Morgan fingerprint density at radius 1 is 1.23 bits per heavy atom. The quantitative estimate of drug-likeness (QED) is 0.751. The third kappa shape index (κ3) is 5.20. The van der Waals surface area contributed by atoms with Gasteiger partial charge in [-0.05, 0) is 44.9 Å². The second-order valence-electron chi connectivity index (χ2n) is 5.89. The van der Waals surface area contributed by atoms with E-state index >= 15 is 0 Å². The maximum atomic E-state index is 12.4. The van der Waals surface area contributed by atoms with Crippen LogP contribution in [0.1, 0.15) is 49.5 Å². The van der Waals surface area contributed by atoms with Crippen LogP contribution < -0.4 is 10.6 Å². The standard InChI is InChI=1S/C16H22N2O4/c1-10-12(6-5-7-13(10)17-11(2)19)15(22)18-16(3,4)9-8-14(20)21/h5-7H,8-9H2,1-4H3,(H,17,19)(H,18,22)(H,20,21). The van der Waals surface area contributed by atoms with E-state index in [2.05, 4.69) is 10.6 Å². The molecule has 22 heavy (non-hydrogen) atoms. The normalized spacial score (nSPS) is 10.9. The molecule has 0 aromatic heterocycles. The lowest BCUT2D eigenvalue weighted by Crippen LogP contribution is -2.44. The molecular weight excluding hydrogens is 284 g/mol. The lowest BCUT2D eigenvalue weighted by Gasteiger charge is -2.26. The van der Waals surface area contributed by atoms with Gasteiger partial charge in [-0.15, -0.1) is 0 Å². The van der Waals surface area contributed by atoms with E-state index in [1.807, 2.05) is 0 Å². The summed E-state index contributed by atoms with van der Waals surface area (Å²) in [7, 11) is 0. The van der Waals surface area contributed by atoms with Crippen LogP contribution in [0.5, 0.6) is 0 Å². The third-order valence-corrected chi connectivity index (χ3v) is 3.30. The van der Waals surface area contributed by atoms with Gasteiger partial charge in [0, 0.05) is 30.1 Å². The zero-order chi connectivity index (χ0) is 16.9. The van der Waals surface area contributed by atoms with Gasteiger partial charge in [-0.25, -0.2) is 0 Å². The van der Waals surface area contributed by atoms with Gasteiger partial charge in [-0.1, -0.05) is 6.07 Å². The van der Waals surface area contributed by atoms with E-state index in [4.69, 9.17) is 5.11 Å². The lowest BCUT2D eigenvalue weighted by molar-refractivity contribution is -0.137. The molecule has 6 heteroatoms. The topological polar surface area (TPSA) is 95.5 Å². The van der Waals surface area contributed by atoms with Crippen molar-refractivity contribution in [3.8, 4) is 0 Å². The number of carboxylic acids is 1. The van der Waals surface area contributed by atoms with Gasteiger partial charge < -0.3 is 15.7 Å². The lowest BCUT2D eigenvalue weighted by atomic mass is 9.97. The summed E-state index contributed by atoms with van der Waals surface area (Å²) in [5, 5.41) is 14.2. The summed E-state index contributed by atoms with van der Waals surface area (Å²) in [4.78, 5) is 34.2. The van der Waals surface area contributed by atoms with Crippen LogP contribution in [-0.4, -0.2) is 28.4 Å². The van der Waals surface area contributed by atoms with Crippen LogP contribution >= 0.6 is 0 Å². The molecule has 120 valence electrons. The highest BCUT2D eigenvalue weighted by Crippen LogP contribution is 2.20. The minimum absolute atomic E-state index is 0.0157. The molecule has 0 radical (unpaired) electrons. The SMILES string of the molecule is CC(=O)Nc1cccc(C(=O)NC(C)(C)CCC(=O)O)c1C. The van der Waals surface area contributed by atoms with Crippen molar-refractivity contribution in [3.63, 3.8) is 0 Å². The van der Waals surface area contributed by atoms with Gasteiger partial charge in [0.15, 0.2) is 0 Å². The molecule has 0 atom stereocenters. The minimum atomic E-state index is -0.897. The maximum absolute atomic E-state index is 12.4. The van der Waals surface area contributed by atoms with Gasteiger partial charge in [0.2, 0.25) is 5.91 Å². The molecule has 0 saturated heterocycles. The zero-order valence-corrected chi connectivity index (χ0v) is 13.3. The number of carboxylic acid groups (broad SMARTS) is 1. The molecular formula is C16H22N2O4. The fourth-order valence-electron chi connectivity index (χ4n) is 2.06. The summed E-state index contributed by atoms with van der Waals surface area (Å²) < 4.78 is 0. The van der Waals surface area contributed by atoms with E-state index in [0.717, 1.165) is 0 Å². The first kappa shape index (κ1) is 17.7. The Morgan fingerprint density at radius 2 is 1.86 bits per heavy atom. The van der Waals surface area contributed by atoms with Gasteiger partial charge in [0.05, 0.1) is 0 Å². The van der Waals surface area contributed by atoms with Crippen LogP contribution in [-0.2, 0) is 9.59 Å². The number of hydrogen-bond donors (Lipinski definition) is 3. The number of carbonyl (C=O) groups excluding carboxylic acids is 2. The van der Waals surface area contributed by atoms with Crippen molar-refractivity contribution in [2.45, 2.75) is 46.1 Å². The third-order valence-electron chi connectivity index (χ3n) is 3.30. The fraction of sp³-hybridized carbons (Fsp3) is 0.438. The summed E-state index contributed by atoms with van der Waals surface area (Å²) in [5.41, 5.74) is 1.08. The summed E-state index contributed by atoms with van der Waals surface area (Å²) in [6, 6.07) is 5.09. The molecule has 2 amide bonds. The van der Waals surface area contributed by atoms with Crippen molar-refractivity contribution in [3.05, 3.63) is 29.3 Å². The van der Waals surface area contributed by atoms with Gasteiger partial charge in [-0.3, -0.25) is 14.4 Å². The van der Waals surface area contributed by atoms with E-state index in [1.165, 1.54) is 6.92 Å². The van der Waals surface area contributed by atoms with Gasteiger partial charge in [0.1, 0.15) is 0 Å². The second kappa shape index (κ2) is 7.06. The number of carbonyl (C=O) groups is 3. The molecule has 1 aromatic carbocycles. The van der Waals surface area contributed by atoms with Crippen molar-refractivity contribution in [2.75, 3.05) is 5.32 Å². The van der Waals surface area contributed by atoms with Crippen molar-refractivity contribution in [1.82, 2.24) is 5.32 Å².